The molecule has 2 aliphatic rings. The lowest BCUT2D eigenvalue weighted by molar-refractivity contribution is -0.152. The molecule has 1 aromatic heterocycles. The molecular formula is C14H26N6O2S2. The normalized spacial score (nSPS) is 19.1. The average Bonchev–Trinajstić information content (AvgIpc) is 2.90. The smallest absolute Gasteiger partial charge is 0.309 e. The zero-order valence-electron chi connectivity index (χ0n) is 14.0. The maximum atomic E-state index is 10.3. The number of nitrogens with two attached hydrogens (primary N) is 3. The Bertz CT molecular complexity index is 569. The highest BCUT2D eigenvalue weighted by atomic mass is 32.1. The Hall–Kier alpha value is -1.52. The van der Waals surface area contributed by atoms with Crippen LogP contribution in [0.25, 0.3) is 0 Å². The molecule has 0 bridgehead atoms. The van der Waals surface area contributed by atoms with E-state index >= 15 is 0 Å². The van der Waals surface area contributed by atoms with Crippen molar-refractivity contribution in [2.75, 3.05) is 5.73 Å². The Kier molecular flexibility index (Phi) is 7.30. The van der Waals surface area contributed by atoms with Crippen molar-refractivity contribution in [3.05, 3.63) is 5.01 Å². The molecule has 2 fully saturated rings. The second kappa shape index (κ2) is 8.54. The van der Waals surface area contributed by atoms with E-state index in [1.165, 1.54) is 30.6 Å². The van der Waals surface area contributed by atoms with E-state index in [0.717, 1.165) is 24.3 Å². The van der Waals surface area contributed by atoms with Crippen LogP contribution < -0.4 is 22.7 Å². The third-order valence-electron chi connectivity index (χ3n) is 4.53. The van der Waals surface area contributed by atoms with E-state index in [0.29, 0.717) is 10.5 Å². The number of aliphatic carboxylic acids is 1. The van der Waals surface area contributed by atoms with Gasteiger partial charge in [-0.25, -0.2) is 5.84 Å². The lowest BCUT2D eigenvalue weighted by Gasteiger charge is -2.35. The number of rotatable bonds is 2. The van der Waals surface area contributed by atoms with Crippen LogP contribution in [0, 0.1) is 5.41 Å². The molecule has 10 heteroatoms. The van der Waals surface area contributed by atoms with Gasteiger partial charge in [-0.05, 0) is 44.8 Å². The number of thiocarbonyl (C=S) groups is 1. The topological polar surface area (TPSA) is 153 Å². The van der Waals surface area contributed by atoms with Gasteiger partial charge in [-0.2, -0.15) is 0 Å². The number of nitrogens with zero attached hydrogens (tertiary/aromatic N) is 2. The van der Waals surface area contributed by atoms with Gasteiger partial charge < -0.3 is 22.0 Å². The number of nitrogen functional groups attached to an aromatic ring is 1. The molecule has 0 spiro atoms. The Morgan fingerprint density at radius 1 is 1.25 bits per heavy atom. The van der Waals surface area contributed by atoms with Gasteiger partial charge in [0, 0.05) is 5.41 Å². The van der Waals surface area contributed by atoms with E-state index in [4.69, 9.17) is 16.6 Å². The van der Waals surface area contributed by atoms with Crippen LogP contribution in [0.5, 0.6) is 0 Å². The van der Waals surface area contributed by atoms with E-state index in [2.05, 4.69) is 35.2 Å². The van der Waals surface area contributed by atoms with Gasteiger partial charge >= 0.3 is 5.97 Å². The van der Waals surface area contributed by atoms with E-state index in [1.807, 2.05) is 5.43 Å². The van der Waals surface area contributed by atoms with Gasteiger partial charge in [-0.15, -0.1) is 10.2 Å². The number of aromatic nitrogens is 2. The fourth-order valence-corrected chi connectivity index (χ4v) is 3.13. The van der Waals surface area contributed by atoms with Gasteiger partial charge in [0.15, 0.2) is 5.11 Å². The van der Waals surface area contributed by atoms with E-state index in [9.17, 15) is 4.79 Å². The molecule has 136 valence electrons. The molecule has 1 aromatic rings. The molecule has 8 N–H and O–H groups in total. The standard InChI is InChI=1S/C7H11N3S.C6H10O2.CH5N3S/c1-7(3-2-4-7)5-9-10-6(8)11-5;1-6(5(7)8)3-2-4-6;2-1(5)4-3/h2-4H2,1H3,(H2,8,10);2-4H2,1H3,(H,7,8);3H2,(H3,2,4,5). The zero-order valence-corrected chi connectivity index (χ0v) is 15.7. The summed E-state index contributed by atoms with van der Waals surface area (Å²) in [7, 11) is 0. The highest BCUT2D eigenvalue weighted by Crippen LogP contribution is 2.44. The molecular weight excluding hydrogens is 348 g/mol. The van der Waals surface area contributed by atoms with Gasteiger partial charge in [0.25, 0.3) is 0 Å². The second-order valence-electron chi connectivity index (χ2n) is 6.59. The summed E-state index contributed by atoms with van der Waals surface area (Å²) >= 11 is 5.76. The number of carbonyl (C=O) groups is 1. The van der Waals surface area contributed by atoms with Crippen molar-refractivity contribution < 1.29 is 9.90 Å². The molecule has 1 heterocycles. The quantitative estimate of drug-likeness (QED) is 0.294. The van der Waals surface area contributed by atoms with Gasteiger partial charge in [0.2, 0.25) is 5.13 Å². The summed E-state index contributed by atoms with van der Waals surface area (Å²) in [5.74, 6) is 4.02. The maximum Gasteiger partial charge on any atom is 0.309 e. The summed E-state index contributed by atoms with van der Waals surface area (Å²) in [5.41, 5.74) is 12.3. The number of nitrogens with one attached hydrogen (secondary N) is 1. The van der Waals surface area contributed by atoms with Crippen molar-refractivity contribution >= 4 is 39.8 Å². The van der Waals surface area contributed by atoms with Crippen molar-refractivity contribution in [2.24, 2.45) is 17.0 Å². The second-order valence-corrected chi connectivity index (χ2v) is 8.04. The van der Waals surface area contributed by atoms with Gasteiger partial charge in [0.05, 0.1) is 5.41 Å². The molecule has 0 amide bonds. The van der Waals surface area contributed by atoms with Gasteiger partial charge in [-0.1, -0.05) is 31.1 Å². The lowest BCUT2D eigenvalue weighted by Crippen LogP contribution is -2.34. The molecule has 0 radical (unpaired) electrons. The first kappa shape index (κ1) is 20.5. The number of hydrogen-bond acceptors (Lipinski definition) is 7. The minimum Gasteiger partial charge on any atom is -0.481 e. The molecule has 3 rings (SSSR count). The lowest BCUT2D eigenvalue weighted by atomic mass is 9.71. The Balaban J connectivity index is 0.000000196. The van der Waals surface area contributed by atoms with E-state index < -0.39 is 5.97 Å². The van der Waals surface area contributed by atoms with Gasteiger partial charge in [0.1, 0.15) is 5.01 Å². The first-order valence-corrected chi connectivity index (χ1v) is 8.94. The number of carboxylic acid groups (broad SMARTS) is 1. The first-order valence-electron chi connectivity index (χ1n) is 7.72. The Morgan fingerprint density at radius 2 is 1.75 bits per heavy atom. The van der Waals surface area contributed by atoms with E-state index in [-0.39, 0.29) is 10.5 Å². The van der Waals surface area contributed by atoms with Crippen LogP contribution in [0.2, 0.25) is 0 Å². The van der Waals surface area contributed by atoms with Crippen LogP contribution in [0.3, 0.4) is 0 Å². The molecule has 8 nitrogen and oxygen atoms in total. The van der Waals surface area contributed by atoms with Crippen molar-refractivity contribution in [1.29, 1.82) is 0 Å². The summed E-state index contributed by atoms with van der Waals surface area (Å²) < 4.78 is 0. The fraction of sp³-hybridized carbons (Fsp3) is 0.714. The average molecular weight is 375 g/mol. The van der Waals surface area contributed by atoms with Crippen LogP contribution in [-0.4, -0.2) is 26.4 Å². The number of anilines is 1. The highest BCUT2D eigenvalue weighted by Gasteiger charge is 2.39. The Morgan fingerprint density at radius 3 is 1.92 bits per heavy atom. The third kappa shape index (κ3) is 5.53. The van der Waals surface area contributed by atoms with Crippen LogP contribution in [0.1, 0.15) is 57.4 Å². The predicted molar refractivity (Wildman–Crippen MR) is 99.2 cm³/mol. The molecule has 24 heavy (non-hydrogen) atoms. The fourth-order valence-electron chi connectivity index (χ4n) is 2.32. The minimum atomic E-state index is -0.635. The molecule has 0 unspecified atom stereocenters. The molecule has 0 saturated heterocycles. The van der Waals surface area contributed by atoms with Crippen molar-refractivity contribution in [2.45, 2.75) is 57.8 Å². The minimum absolute atomic E-state index is 0.116. The van der Waals surface area contributed by atoms with Crippen LogP contribution in [0.4, 0.5) is 5.13 Å². The molecule has 2 saturated carbocycles. The van der Waals surface area contributed by atoms with Gasteiger partial charge in [-0.3, -0.25) is 4.79 Å². The summed E-state index contributed by atoms with van der Waals surface area (Å²) in [4.78, 5) is 10.3. The number of hydrazine groups is 1. The predicted octanol–water partition coefficient (Wildman–Crippen LogP) is 1.52. The molecule has 0 atom stereocenters. The highest BCUT2D eigenvalue weighted by molar-refractivity contribution is 7.80. The number of hydrogen-bond donors (Lipinski definition) is 5. The Labute approximate surface area is 151 Å². The van der Waals surface area contributed by atoms with Crippen LogP contribution in [0.15, 0.2) is 0 Å². The summed E-state index contributed by atoms with van der Waals surface area (Å²) in [6.45, 7) is 4.04. The monoisotopic (exact) mass is 374 g/mol. The largest absolute Gasteiger partial charge is 0.481 e. The molecule has 0 aliphatic heterocycles. The SMILES string of the molecule is CC1(C(=O)O)CCC1.CC1(c2nnc(N)s2)CCC1.NNC(N)=S. The number of carboxylic acids is 1. The summed E-state index contributed by atoms with van der Waals surface area (Å²) in [6, 6.07) is 0. The van der Waals surface area contributed by atoms with Crippen molar-refractivity contribution in [1.82, 2.24) is 15.6 Å². The third-order valence-corrected chi connectivity index (χ3v) is 5.71. The summed E-state index contributed by atoms with van der Waals surface area (Å²) in [5, 5.41) is 18.2. The van der Waals surface area contributed by atoms with Crippen LogP contribution >= 0.6 is 23.6 Å². The first-order chi connectivity index (χ1) is 11.1. The maximum absolute atomic E-state index is 10.3. The van der Waals surface area contributed by atoms with E-state index in [1.54, 1.807) is 6.92 Å². The van der Waals surface area contributed by atoms with Crippen molar-refractivity contribution in [3.8, 4) is 0 Å². The van der Waals surface area contributed by atoms with Crippen molar-refractivity contribution in [3.63, 3.8) is 0 Å². The molecule has 2 aliphatic carbocycles. The van der Waals surface area contributed by atoms with Crippen LogP contribution in [-0.2, 0) is 10.2 Å². The molecule has 0 aromatic carbocycles. The summed E-state index contributed by atoms with van der Waals surface area (Å²) in [6.07, 6.45) is 6.60. The zero-order chi connectivity index (χ0) is 18.4.